The molecule has 0 saturated heterocycles. The summed E-state index contributed by atoms with van der Waals surface area (Å²) in [5.41, 5.74) is 1.19. The average Bonchev–Trinajstić information content (AvgIpc) is 3.21. The first-order valence-electron chi connectivity index (χ1n) is 11.1. The van der Waals surface area contributed by atoms with Gasteiger partial charge in [-0.05, 0) is 24.0 Å². The lowest BCUT2D eigenvalue weighted by atomic mass is 10.0. The highest BCUT2D eigenvalue weighted by Crippen LogP contribution is 2.25. The van der Waals surface area contributed by atoms with E-state index in [0.29, 0.717) is 17.5 Å². The lowest BCUT2D eigenvalue weighted by Gasteiger charge is -2.21. The summed E-state index contributed by atoms with van der Waals surface area (Å²) in [5, 5.41) is 25.8. The molecule has 2 aromatic carbocycles. The molecule has 0 aliphatic heterocycles. The topological polar surface area (TPSA) is 132 Å². The molecule has 3 rings (SSSR count). The normalized spacial score (nSPS) is 11.8. The van der Waals surface area contributed by atoms with Gasteiger partial charge in [-0.2, -0.15) is 0 Å². The SMILES string of the molecule is CC(C)[C@@H](NC(=O)c1cccc([N+](=O)[O-])c1)c1nnc(SCC(=O)NCCc2ccccc2)n1C. The largest absolute Gasteiger partial charge is 0.355 e. The van der Waals surface area contributed by atoms with Gasteiger partial charge in [0.1, 0.15) is 0 Å². The van der Waals surface area contributed by atoms with Gasteiger partial charge in [0.25, 0.3) is 11.6 Å². The Labute approximate surface area is 207 Å². The Balaban J connectivity index is 1.59. The van der Waals surface area contributed by atoms with Crippen LogP contribution >= 0.6 is 11.8 Å². The maximum atomic E-state index is 12.8. The first kappa shape index (κ1) is 25.9. The third kappa shape index (κ3) is 7.12. The van der Waals surface area contributed by atoms with Crippen molar-refractivity contribution in [1.29, 1.82) is 0 Å². The summed E-state index contributed by atoms with van der Waals surface area (Å²) in [6, 6.07) is 15.0. The van der Waals surface area contributed by atoms with Crippen molar-refractivity contribution in [2.45, 2.75) is 31.5 Å². The van der Waals surface area contributed by atoms with Crippen LogP contribution in [0.1, 0.15) is 41.6 Å². The zero-order chi connectivity index (χ0) is 25.4. The van der Waals surface area contributed by atoms with Crippen LogP contribution in [-0.4, -0.2) is 43.8 Å². The molecular weight excluding hydrogens is 468 g/mol. The molecule has 0 spiro atoms. The van der Waals surface area contributed by atoms with Gasteiger partial charge in [-0.1, -0.05) is 62.0 Å². The van der Waals surface area contributed by atoms with Crippen LogP contribution in [0.4, 0.5) is 5.69 Å². The number of nitrogens with one attached hydrogen (secondary N) is 2. The summed E-state index contributed by atoms with van der Waals surface area (Å²) in [7, 11) is 1.78. The van der Waals surface area contributed by atoms with Gasteiger partial charge in [-0.25, -0.2) is 0 Å². The van der Waals surface area contributed by atoms with E-state index in [4.69, 9.17) is 0 Å². The van der Waals surface area contributed by atoms with Gasteiger partial charge in [-0.3, -0.25) is 19.7 Å². The van der Waals surface area contributed by atoms with Crippen LogP contribution < -0.4 is 10.6 Å². The Morgan fingerprint density at radius 3 is 2.54 bits per heavy atom. The molecule has 1 aromatic heterocycles. The molecule has 1 atom stereocenters. The number of thioether (sulfide) groups is 1. The molecule has 3 aromatic rings. The molecule has 0 radical (unpaired) electrons. The summed E-state index contributed by atoms with van der Waals surface area (Å²) in [6.07, 6.45) is 0.756. The zero-order valence-corrected chi connectivity index (χ0v) is 20.6. The molecule has 11 heteroatoms. The molecule has 0 fully saturated rings. The van der Waals surface area contributed by atoms with Crippen molar-refractivity contribution in [3.05, 3.63) is 81.7 Å². The fraction of sp³-hybridized carbons (Fsp3) is 0.333. The Morgan fingerprint density at radius 2 is 1.86 bits per heavy atom. The van der Waals surface area contributed by atoms with E-state index in [0.717, 1.165) is 12.0 Å². The van der Waals surface area contributed by atoms with Crippen LogP contribution in [0.25, 0.3) is 0 Å². The maximum absolute atomic E-state index is 12.8. The van der Waals surface area contributed by atoms with Crippen LogP contribution in [0.15, 0.2) is 59.8 Å². The number of benzene rings is 2. The first-order valence-corrected chi connectivity index (χ1v) is 12.1. The standard InChI is InChI=1S/C24H28N6O4S/c1-16(2)21(26-23(32)18-10-7-11-19(14-18)30(33)34)22-27-28-24(29(22)3)35-15-20(31)25-13-12-17-8-5-4-6-9-17/h4-11,14,16,21H,12-13,15H2,1-3H3,(H,25,31)(H,26,32)/t21-/m1/s1. The highest BCUT2D eigenvalue weighted by Gasteiger charge is 2.26. The number of amides is 2. The monoisotopic (exact) mass is 496 g/mol. The van der Waals surface area contributed by atoms with Gasteiger partial charge in [0, 0.05) is 31.3 Å². The van der Waals surface area contributed by atoms with Crippen molar-refractivity contribution in [3.63, 3.8) is 0 Å². The predicted molar refractivity (Wildman–Crippen MR) is 133 cm³/mol. The minimum absolute atomic E-state index is 0.0281. The molecule has 0 aliphatic rings. The summed E-state index contributed by atoms with van der Waals surface area (Å²) < 4.78 is 1.75. The van der Waals surface area contributed by atoms with Crippen molar-refractivity contribution in [1.82, 2.24) is 25.4 Å². The predicted octanol–water partition coefficient (Wildman–Crippen LogP) is 3.30. The Hall–Kier alpha value is -3.73. The Morgan fingerprint density at radius 1 is 1.11 bits per heavy atom. The fourth-order valence-electron chi connectivity index (χ4n) is 3.41. The van der Waals surface area contributed by atoms with Gasteiger partial charge in [-0.15, -0.1) is 10.2 Å². The van der Waals surface area contributed by atoms with E-state index in [1.165, 1.54) is 36.0 Å². The molecule has 184 valence electrons. The molecule has 10 nitrogen and oxygen atoms in total. The highest BCUT2D eigenvalue weighted by molar-refractivity contribution is 7.99. The minimum atomic E-state index is -0.541. The summed E-state index contributed by atoms with van der Waals surface area (Å²) >= 11 is 1.26. The number of nitro benzene ring substituents is 1. The Kier molecular flexibility index (Phi) is 8.96. The number of hydrogen-bond acceptors (Lipinski definition) is 7. The van der Waals surface area contributed by atoms with Crippen molar-refractivity contribution >= 4 is 29.3 Å². The van der Waals surface area contributed by atoms with E-state index >= 15 is 0 Å². The molecule has 1 heterocycles. The molecule has 2 N–H and O–H groups in total. The van der Waals surface area contributed by atoms with E-state index in [-0.39, 0.29) is 28.8 Å². The number of aromatic nitrogens is 3. The average molecular weight is 497 g/mol. The van der Waals surface area contributed by atoms with Crippen molar-refractivity contribution in [3.8, 4) is 0 Å². The number of nitrogens with zero attached hydrogens (tertiary/aromatic N) is 4. The van der Waals surface area contributed by atoms with Crippen LogP contribution in [0.5, 0.6) is 0 Å². The highest BCUT2D eigenvalue weighted by atomic mass is 32.2. The van der Waals surface area contributed by atoms with Crippen molar-refractivity contribution in [2.75, 3.05) is 12.3 Å². The van der Waals surface area contributed by atoms with Crippen LogP contribution in [0.2, 0.25) is 0 Å². The van der Waals surface area contributed by atoms with E-state index in [1.54, 1.807) is 11.6 Å². The second-order valence-corrected chi connectivity index (χ2v) is 9.22. The molecule has 0 bridgehead atoms. The number of non-ortho nitro benzene ring substituents is 1. The Bertz CT molecular complexity index is 1180. The van der Waals surface area contributed by atoms with E-state index in [2.05, 4.69) is 20.8 Å². The second-order valence-electron chi connectivity index (χ2n) is 8.28. The van der Waals surface area contributed by atoms with Crippen LogP contribution in [-0.2, 0) is 18.3 Å². The lowest BCUT2D eigenvalue weighted by molar-refractivity contribution is -0.384. The number of rotatable bonds is 11. The van der Waals surface area contributed by atoms with E-state index in [1.807, 2.05) is 44.2 Å². The number of carbonyl (C=O) groups is 2. The summed E-state index contributed by atoms with van der Waals surface area (Å²) in [4.78, 5) is 35.5. The molecule has 2 amide bonds. The van der Waals surface area contributed by atoms with Gasteiger partial charge < -0.3 is 15.2 Å². The van der Waals surface area contributed by atoms with Crippen LogP contribution in [0, 0.1) is 16.0 Å². The molecule has 0 saturated carbocycles. The smallest absolute Gasteiger partial charge is 0.270 e. The summed E-state index contributed by atoms with van der Waals surface area (Å²) in [5.74, 6) is 0.148. The first-order chi connectivity index (χ1) is 16.8. The molecule has 0 unspecified atom stereocenters. The number of carbonyl (C=O) groups excluding carboxylic acids is 2. The fourth-order valence-corrected chi connectivity index (χ4v) is 4.16. The summed E-state index contributed by atoms with van der Waals surface area (Å²) in [6.45, 7) is 4.41. The van der Waals surface area contributed by atoms with E-state index in [9.17, 15) is 19.7 Å². The van der Waals surface area contributed by atoms with Gasteiger partial charge in [0.2, 0.25) is 5.91 Å². The van der Waals surface area contributed by atoms with Crippen molar-refractivity contribution < 1.29 is 14.5 Å². The third-order valence-electron chi connectivity index (χ3n) is 5.33. The molecular formula is C24H28N6O4S. The van der Waals surface area contributed by atoms with Gasteiger partial charge >= 0.3 is 0 Å². The van der Waals surface area contributed by atoms with Crippen molar-refractivity contribution in [2.24, 2.45) is 13.0 Å². The molecule has 0 aliphatic carbocycles. The third-order valence-corrected chi connectivity index (χ3v) is 6.35. The maximum Gasteiger partial charge on any atom is 0.270 e. The van der Waals surface area contributed by atoms with Gasteiger partial charge in [0.15, 0.2) is 11.0 Å². The number of nitro groups is 1. The van der Waals surface area contributed by atoms with Crippen LogP contribution in [0.3, 0.4) is 0 Å². The van der Waals surface area contributed by atoms with Gasteiger partial charge in [0.05, 0.1) is 16.7 Å². The molecule has 35 heavy (non-hydrogen) atoms. The quantitative estimate of drug-likeness (QED) is 0.236. The lowest BCUT2D eigenvalue weighted by Crippen LogP contribution is -2.33. The number of hydrogen-bond donors (Lipinski definition) is 2. The second kappa shape index (κ2) is 12.1. The van der Waals surface area contributed by atoms with E-state index < -0.39 is 16.9 Å². The zero-order valence-electron chi connectivity index (χ0n) is 19.8. The minimum Gasteiger partial charge on any atom is -0.355 e.